The monoisotopic (exact) mass is 416 g/mol. The van der Waals surface area contributed by atoms with E-state index in [1.165, 1.54) is 12.3 Å². The van der Waals surface area contributed by atoms with Crippen LogP contribution in [0.3, 0.4) is 0 Å². The summed E-state index contributed by atoms with van der Waals surface area (Å²) < 4.78 is 13.6. The van der Waals surface area contributed by atoms with Gasteiger partial charge in [0.05, 0.1) is 23.9 Å². The Hall–Kier alpha value is -4.33. The predicted octanol–water partition coefficient (Wildman–Crippen LogP) is 3.74. The van der Waals surface area contributed by atoms with E-state index < -0.39 is 5.97 Å². The Morgan fingerprint density at radius 1 is 1.06 bits per heavy atom. The van der Waals surface area contributed by atoms with Crippen LogP contribution in [-0.4, -0.2) is 21.5 Å². The third kappa shape index (κ3) is 4.18. The number of carbonyl (C=O) groups excluding carboxylic acids is 1. The van der Waals surface area contributed by atoms with Crippen LogP contribution >= 0.6 is 0 Å². The van der Waals surface area contributed by atoms with Gasteiger partial charge in [0.25, 0.3) is 5.56 Å². The van der Waals surface area contributed by atoms with Gasteiger partial charge in [-0.1, -0.05) is 18.2 Å². The number of nitrogens with zero attached hydrogens (tertiary/aromatic N) is 3. The number of hydrogen-bond donors (Lipinski definition) is 1. The first-order chi connectivity index (χ1) is 15.0. The van der Waals surface area contributed by atoms with Crippen LogP contribution < -0.4 is 15.7 Å². The summed E-state index contributed by atoms with van der Waals surface area (Å²) in [5.74, 6) is -0.0484. The average molecular weight is 416 g/mol. The summed E-state index contributed by atoms with van der Waals surface area (Å²) >= 11 is 0. The molecule has 0 saturated heterocycles. The highest BCUT2D eigenvalue weighted by Crippen LogP contribution is 2.15. The Morgan fingerprint density at radius 3 is 2.48 bits per heavy atom. The van der Waals surface area contributed by atoms with Crippen LogP contribution in [0.25, 0.3) is 5.69 Å². The maximum atomic E-state index is 12.8. The second-order valence-electron chi connectivity index (χ2n) is 6.74. The Balaban J connectivity index is 1.46. The van der Waals surface area contributed by atoms with E-state index in [1.807, 2.05) is 44.3 Å². The Bertz CT molecular complexity index is 1270. The van der Waals surface area contributed by atoms with Crippen molar-refractivity contribution >= 4 is 17.9 Å². The van der Waals surface area contributed by atoms with Crippen molar-refractivity contribution in [1.29, 1.82) is 0 Å². The summed E-state index contributed by atoms with van der Waals surface area (Å²) in [6, 6.07) is 19.3. The molecule has 156 valence electrons. The molecule has 2 aromatic heterocycles. The van der Waals surface area contributed by atoms with E-state index in [2.05, 4.69) is 10.5 Å². The number of carbonyl (C=O) groups is 1. The van der Waals surface area contributed by atoms with E-state index in [0.717, 1.165) is 16.9 Å². The van der Waals surface area contributed by atoms with E-state index in [1.54, 1.807) is 45.9 Å². The van der Waals surface area contributed by atoms with Crippen LogP contribution in [0.4, 0.5) is 5.69 Å². The number of ether oxygens (including phenoxy) is 1. The molecule has 0 saturated carbocycles. The lowest BCUT2D eigenvalue weighted by Gasteiger charge is -2.07. The zero-order valence-electron chi connectivity index (χ0n) is 17.0. The first-order valence-corrected chi connectivity index (χ1v) is 9.53. The molecule has 0 aliphatic rings. The second kappa shape index (κ2) is 8.58. The molecule has 31 heavy (non-hydrogen) atoms. The molecule has 0 unspecified atom stereocenters. The van der Waals surface area contributed by atoms with Gasteiger partial charge in [-0.2, -0.15) is 5.10 Å². The van der Waals surface area contributed by atoms with Gasteiger partial charge in [0, 0.05) is 7.05 Å². The first kappa shape index (κ1) is 20.0. The lowest BCUT2D eigenvalue weighted by molar-refractivity contribution is 0.0701. The molecule has 2 aromatic carbocycles. The third-order valence-corrected chi connectivity index (χ3v) is 4.76. The number of aromatic nitrogens is 2. The number of hydrazone groups is 1. The van der Waals surface area contributed by atoms with Crippen molar-refractivity contribution in [1.82, 2.24) is 9.36 Å². The first-order valence-electron chi connectivity index (χ1n) is 9.53. The molecule has 0 bridgehead atoms. The molecule has 0 aliphatic heterocycles. The quantitative estimate of drug-likeness (QED) is 0.224. The number of benzene rings is 2. The average Bonchev–Trinajstić information content (AvgIpc) is 3.39. The van der Waals surface area contributed by atoms with Crippen molar-refractivity contribution in [3.63, 3.8) is 0 Å². The molecule has 0 amide bonds. The SMILES string of the molecule is Cc1c(NN=Cc2ccc(OC(=O)c3ccco3)cc2)c(=O)n(-c2ccccc2)n1C. The number of para-hydroxylation sites is 1. The molecule has 0 radical (unpaired) electrons. The van der Waals surface area contributed by atoms with Gasteiger partial charge in [-0.25, -0.2) is 9.48 Å². The highest BCUT2D eigenvalue weighted by atomic mass is 16.5. The number of rotatable bonds is 6. The largest absolute Gasteiger partial charge is 0.457 e. The van der Waals surface area contributed by atoms with E-state index >= 15 is 0 Å². The van der Waals surface area contributed by atoms with Gasteiger partial charge in [0.15, 0.2) is 0 Å². The number of anilines is 1. The molecule has 2 heterocycles. The van der Waals surface area contributed by atoms with Crippen LogP contribution in [0.5, 0.6) is 5.75 Å². The molecule has 8 heteroatoms. The molecular formula is C23H20N4O4. The van der Waals surface area contributed by atoms with Crippen molar-refractivity contribution < 1.29 is 13.9 Å². The molecule has 0 atom stereocenters. The molecule has 0 spiro atoms. The van der Waals surface area contributed by atoms with Gasteiger partial charge in [0.1, 0.15) is 11.4 Å². The topological polar surface area (TPSA) is 90.8 Å². The minimum Gasteiger partial charge on any atom is -0.457 e. The molecular weight excluding hydrogens is 396 g/mol. The number of nitrogens with one attached hydrogen (secondary N) is 1. The van der Waals surface area contributed by atoms with Crippen molar-refractivity contribution in [2.75, 3.05) is 5.43 Å². The third-order valence-electron chi connectivity index (χ3n) is 4.76. The highest BCUT2D eigenvalue weighted by molar-refractivity contribution is 5.88. The minimum absolute atomic E-state index is 0.134. The van der Waals surface area contributed by atoms with Gasteiger partial charge >= 0.3 is 5.97 Å². The Morgan fingerprint density at radius 2 is 1.81 bits per heavy atom. The van der Waals surface area contributed by atoms with Crippen molar-refractivity contribution in [2.45, 2.75) is 6.92 Å². The fraction of sp³-hybridized carbons (Fsp3) is 0.0870. The summed E-state index contributed by atoms with van der Waals surface area (Å²) in [6.45, 7) is 1.85. The van der Waals surface area contributed by atoms with Crippen LogP contribution in [0.2, 0.25) is 0 Å². The fourth-order valence-electron chi connectivity index (χ4n) is 3.04. The van der Waals surface area contributed by atoms with Crippen molar-refractivity contribution in [3.8, 4) is 11.4 Å². The Labute approximate surface area is 178 Å². The minimum atomic E-state index is -0.567. The maximum Gasteiger partial charge on any atom is 0.379 e. The molecule has 4 aromatic rings. The summed E-state index contributed by atoms with van der Waals surface area (Å²) in [4.78, 5) is 24.7. The fourth-order valence-corrected chi connectivity index (χ4v) is 3.04. The summed E-state index contributed by atoms with van der Waals surface area (Å²) in [6.07, 6.45) is 2.99. The summed E-state index contributed by atoms with van der Waals surface area (Å²) in [5.41, 5.74) is 5.34. The van der Waals surface area contributed by atoms with Crippen LogP contribution in [0.15, 0.2) is 87.3 Å². The van der Waals surface area contributed by atoms with Crippen LogP contribution in [-0.2, 0) is 7.05 Å². The Kier molecular flexibility index (Phi) is 5.53. The predicted molar refractivity (Wildman–Crippen MR) is 117 cm³/mol. The van der Waals surface area contributed by atoms with Crippen molar-refractivity contribution in [3.05, 3.63) is 100 Å². The lowest BCUT2D eigenvalue weighted by Crippen LogP contribution is -2.20. The maximum absolute atomic E-state index is 12.8. The van der Waals surface area contributed by atoms with E-state index in [-0.39, 0.29) is 11.3 Å². The van der Waals surface area contributed by atoms with Gasteiger partial charge < -0.3 is 9.15 Å². The van der Waals surface area contributed by atoms with E-state index in [9.17, 15) is 9.59 Å². The zero-order chi connectivity index (χ0) is 21.8. The molecule has 1 N–H and O–H groups in total. The van der Waals surface area contributed by atoms with Gasteiger partial charge in [-0.15, -0.1) is 0 Å². The van der Waals surface area contributed by atoms with E-state index in [0.29, 0.717) is 11.4 Å². The van der Waals surface area contributed by atoms with Gasteiger partial charge in [-0.3, -0.25) is 14.9 Å². The lowest BCUT2D eigenvalue weighted by atomic mass is 10.2. The van der Waals surface area contributed by atoms with E-state index in [4.69, 9.17) is 9.15 Å². The summed E-state index contributed by atoms with van der Waals surface area (Å²) in [5, 5.41) is 4.19. The molecule has 8 nitrogen and oxygen atoms in total. The second-order valence-corrected chi connectivity index (χ2v) is 6.74. The van der Waals surface area contributed by atoms with Gasteiger partial charge in [-0.05, 0) is 61.0 Å². The highest BCUT2D eigenvalue weighted by Gasteiger charge is 2.15. The normalized spacial score (nSPS) is 11.0. The molecule has 4 rings (SSSR count). The number of hydrogen-bond acceptors (Lipinski definition) is 6. The zero-order valence-corrected chi connectivity index (χ0v) is 17.0. The molecule has 0 aliphatic carbocycles. The van der Waals surface area contributed by atoms with Crippen molar-refractivity contribution in [2.24, 2.45) is 12.1 Å². The number of esters is 1. The standard InChI is InChI=1S/C23H20N4O4/c1-16-21(22(28)27(26(16)2)18-7-4-3-5-8-18)25-24-15-17-10-12-19(13-11-17)31-23(29)20-9-6-14-30-20/h3-15,25H,1-2H3. The van der Waals surface area contributed by atoms with Crippen LogP contribution in [0.1, 0.15) is 21.8 Å². The smallest absolute Gasteiger partial charge is 0.379 e. The summed E-state index contributed by atoms with van der Waals surface area (Å²) in [7, 11) is 1.82. The molecule has 0 fully saturated rings. The van der Waals surface area contributed by atoms with Gasteiger partial charge in [0.2, 0.25) is 5.76 Å². The number of furan rings is 1. The van der Waals surface area contributed by atoms with Crippen LogP contribution in [0, 0.1) is 6.92 Å².